The highest BCUT2D eigenvalue weighted by Gasteiger charge is 2.32. The number of esters is 1. The van der Waals surface area contributed by atoms with E-state index in [2.05, 4.69) is 4.98 Å². The van der Waals surface area contributed by atoms with Crippen molar-refractivity contribution < 1.29 is 9.53 Å². The van der Waals surface area contributed by atoms with Crippen LogP contribution in [0.3, 0.4) is 0 Å². The Labute approximate surface area is 112 Å². The van der Waals surface area contributed by atoms with E-state index in [-0.39, 0.29) is 5.97 Å². The van der Waals surface area contributed by atoms with Crippen LogP contribution in [-0.4, -0.2) is 17.6 Å². The van der Waals surface area contributed by atoms with Gasteiger partial charge in [0.25, 0.3) is 0 Å². The molecule has 1 fully saturated rings. The van der Waals surface area contributed by atoms with Crippen LogP contribution in [0.1, 0.15) is 41.7 Å². The second-order valence-electron chi connectivity index (χ2n) is 4.85. The molecule has 0 saturated heterocycles. The molecule has 98 valence electrons. The number of rotatable bonds is 4. The summed E-state index contributed by atoms with van der Waals surface area (Å²) in [5.41, 5.74) is 3.75. The van der Waals surface area contributed by atoms with Gasteiger partial charge in [-0.25, -0.2) is 4.79 Å². The molecule has 19 heavy (non-hydrogen) atoms. The first-order valence-electron chi connectivity index (χ1n) is 6.75. The van der Waals surface area contributed by atoms with Crippen LogP contribution in [-0.2, 0) is 4.74 Å². The molecule has 1 aliphatic carbocycles. The lowest BCUT2D eigenvalue weighted by Gasteiger charge is -2.06. The Morgan fingerprint density at radius 3 is 2.68 bits per heavy atom. The Morgan fingerprint density at radius 1 is 1.32 bits per heavy atom. The van der Waals surface area contributed by atoms with Gasteiger partial charge in [0.2, 0.25) is 0 Å². The van der Waals surface area contributed by atoms with Crippen molar-refractivity contribution in [2.45, 2.75) is 25.7 Å². The molecule has 1 heterocycles. The Kier molecular flexibility index (Phi) is 3.11. The maximum absolute atomic E-state index is 12.2. The van der Waals surface area contributed by atoms with Crippen LogP contribution in [0.4, 0.5) is 0 Å². The number of carbonyl (C=O) groups is 1. The summed E-state index contributed by atoms with van der Waals surface area (Å²) in [7, 11) is 0. The number of ether oxygens (including phenoxy) is 1. The van der Waals surface area contributed by atoms with Crippen LogP contribution in [0.25, 0.3) is 11.1 Å². The van der Waals surface area contributed by atoms with Gasteiger partial charge < -0.3 is 9.72 Å². The minimum Gasteiger partial charge on any atom is -0.462 e. The van der Waals surface area contributed by atoms with E-state index in [4.69, 9.17) is 4.74 Å². The average Bonchev–Trinajstić information content (AvgIpc) is 3.18. The molecular weight excluding hydrogens is 238 g/mol. The minimum atomic E-state index is -0.218. The largest absolute Gasteiger partial charge is 0.462 e. The van der Waals surface area contributed by atoms with Crippen LogP contribution < -0.4 is 0 Å². The van der Waals surface area contributed by atoms with E-state index in [1.807, 2.05) is 43.5 Å². The third kappa shape index (κ3) is 2.28. The molecule has 0 atom stereocenters. The Morgan fingerprint density at radius 2 is 2.05 bits per heavy atom. The van der Waals surface area contributed by atoms with E-state index in [9.17, 15) is 4.79 Å². The summed E-state index contributed by atoms with van der Waals surface area (Å²) >= 11 is 0. The second-order valence-corrected chi connectivity index (χ2v) is 4.85. The summed E-state index contributed by atoms with van der Waals surface area (Å²) in [6, 6.07) is 9.97. The van der Waals surface area contributed by atoms with Crippen molar-refractivity contribution >= 4 is 5.97 Å². The third-order valence-electron chi connectivity index (χ3n) is 3.46. The van der Waals surface area contributed by atoms with E-state index in [1.165, 1.54) is 0 Å². The molecule has 3 nitrogen and oxygen atoms in total. The highest BCUT2D eigenvalue weighted by molar-refractivity contribution is 5.99. The molecular formula is C16H17NO2. The maximum atomic E-state index is 12.2. The maximum Gasteiger partial charge on any atom is 0.340 e. The molecule has 3 rings (SSSR count). The van der Waals surface area contributed by atoms with Gasteiger partial charge in [-0.15, -0.1) is 0 Å². The van der Waals surface area contributed by atoms with Gasteiger partial charge in [0.1, 0.15) is 0 Å². The number of carbonyl (C=O) groups excluding carboxylic acids is 1. The fourth-order valence-corrected chi connectivity index (χ4v) is 2.40. The lowest BCUT2D eigenvalue weighted by molar-refractivity contribution is 0.0526. The Balaban J connectivity index is 2.07. The summed E-state index contributed by atoms with van der Waals surface area (Å²) in [6.45, 7) is 2.24. The summed E-state index contributed by atoms with van der Waals surface area (Å²) in [5, 5.41) is 0. The lowest BCUT2D eigenvalue weighted by Crippen LogP contribution is -2.07. The van der Waals surface area contributed by atoms with Crippen LogP contribution in [0.15, 0.2) is 36.5 Å². The highest BCUT2D eigenvalue weighted by Crippen LogP contribution is 2.43. The number of aromatic nitrogens is 1. The molecule has 1 saturated carbocycles. The predicted octanol–water partition coefficient (Wildman–Crippen LogP) is 3.74. The molecule has 1 aliphatic rings. The van der Waals surface area contributed by atoms with Crippen LogP contribution in [0.5, 0.6) is 0 Å². The first-order valence-corrected chi connectivity index (χ1v) is 6.75. The van der Waals surface area contributed by atoms with E-state index in [0.29, 0.717) is 12.5 Å². The predicted molar refractivity (Wildman–Crippen MR) is 74.2 cm³/mol. The van der Waals surface area contributed by atoms with Gasteiger partial charge in [-0.1, -0.05) is 30.3 Å². The number of benzene rings is 1. The number of aromatic amines is 1. The Hall–Kier alpha value is -2.03. The summed E-state index contributed by atoms with van der Waals surface area (Å²) in [6.07, 6.45) is 4.23. The van der Waals surface area contributed by atoms with E-state index >= 15 is 0 Å². The molecule has 0 unspecified atom stereocenters. The van der Waals surface area contributed by atoms with Crippen molar-refractivity contribution in [3.8, 4) is 11.1 Å². The lowest BCUT2D eigenvalue weighted by atomic mass is 10.0. The van der Waals surface area contributed by atoms with E-state index < -0.39 is 0 Å². The fraction of sp³-hybridized carbons (Fsp3) is 0.312. The first kappa shape index (κ1) is 12.0. The molecule has 0 bridgehead atoms. The van der Waals surface area contributed by atoms with Gasteiger partial charge in [0.15, 0.2) is 0 Å². The molecule has 0 aliphatic heterocycles. The molecule has 0 radical (unpaired) electrons. The van der Waals surface area contributed by atoms with Crippen molar-refractivity contribution in [2.75, 3.05) is 6.61 Å². The summed E-state index contributed by atoms with van der Waals surface area (Å²) < 4.78 is 5.21. The van der Waals surface area contributed by atoms with Crippen LogP contribution in [0, 0.1) is 0 Å². The third-order valence-corrected chi connectivity index (χ3v) is 3.46. The normalized spacial score (nSPS) is 14.4. The van der Waals surface area contributed by atoms with Crippen molar-refractivity contribution in [1.82, 2.24) is 4.98 Å². The van der Waals surface area contributed by atoms with Gasteiger partial charge in [-0.05, 0) is 31.2 Å². The summed E-state index contributed by atoms with van der Waals surface area (Å²) in [4.78, 5) is 15.5. The number of nitrogens with one attached hydrogen (secondary N) is 1. The molecule has 2 aromatic rings. The van der Waals surface area contributed by atoms with Crippen molar-refractivity contribution in [3.05, 3.63) is 47.8 Å². The topological polar surface area (TPSA) is 42.1 Å². The van der Waals surface area contributed by atoms with Gasteiger partial charge in [-0.3, -0.25) is 0 Å². The SMILES string of the molecule is CCOC(=O)c1c(-c2ccccc2)c[nH]c1C1CC1. The molecule has 0 spiro atoms. The van der Waals surface area contributed by atoms with Gasteiger partial charge in [0.05, 0.1) is 12.2 Å². The second kappa shape index (κ2) is 4.92. The van der Waals surface area contributed by atoms with E-state index in [1.54, 1.807) is 0 Å². The number of H-pyrrole nitrogens is 1. The molecule has 1 aromatic heterocycles. The van der Waals surface area contributed by atoms with Crippen molar-refractivity contribution in [3.63, 3.8) is 0 Å². The van der Waals surface area contributed by atoms with Crippen molar-refractivity contribution in [1.29, 1.82) is 0 Å². The summed E-state index contributed by atoms with van der Waals surface area (Å²) in [5.74, 6) is 0.279. The Bertz CT molecular complexity index is 582. The van der Waals surface area contributed by atoms with Gasteiger partial charge in [0, 0.05) is 17.5 Å². The van der Waals surface area contributed by atoms with Crippen LogP contribution in [0.2, 0.25) is 0 Å². The smallest absolute Gasteiger partial charge is 0.340 e. The monoisotopic (exact) mass is 255 g/mol. The molecule has 0 amide bonds. The zero-order valence-corrected chi connectivity index (χ0v) is 11.0. The van der Waals surface area contributed by atoms with E-state index in [0.717, 1.165) is 35.2 Å². The molecule has 1 aromatic carbocycles. The molecule has 3 heteroatoms. The average molecular weight is 255 g/mol. The first-order chi connectivity index (χ1) is 9.31. The quantitative estimate of drug-likeness (QED) is 0.846. The van der Waals surface area contributed by atoms with Crippen LogP contribution >= 0.6 is 0 Å². The zero-order chi connectivity index (χ0) is 13.2. The van der Waals surface area contributed by atoms with Gasteiger partial charge >= 0.3 is 5.97 Å². The molecule has 1 N–H and O–H groups in total. The van der Waals surface area contributed by atoms with Crippen molar-refractivity contribution in [2.24, 2.45) is 0 Å². The highest BCUT2D eigenvalue weighted by atomic mass is 16.5. The van der Waals surface area contributed by atoms with Gasteiger partial charge in [-0.2, -0.15) is 0 Å². The fourth-order valence-electron chi connectivity index (χ4n) is 2.40. The standard InChI is InChI=1S/C16H17NO2/c1-2-19-16(18)14-13(11-6-4-3-5-7-11)10-17-15(14)12-8-9-12/h3-7,10,12,17H,2,8-9H2,1H3. The minimum absolute atomic E-state index is 0.218. The number of hydrogen-bond donors (Lipinski definition) is 1. The number of hydrogen-bond acceptors (Lipinski definition) is 2. The zero-order valence-electron chi connectivity index (χ0n) is 11.0.